The molecule has 1 aromatic carbocycles. The zero-order valence-corrected chi connectivity index (χ0v) is 19.2. The van der Waals surface area contributed by atoms with Crippen LogP contribution >= 0.6 is 0 Å². The molecular weight excluding hydrogens is 464 g/mol. The maximum Gasteiger partial charge on any atom is 0.416 e. The van der Waals surface area contributed by atoms with Crippen LogP contribution in [0.5, 0.6) is 0 Å². The first-order chi connectivity index (χ1) is 15.8. The first-order valence-electron chi connectivity index (χ1n) is 11.5. The SMILES string of the molecule is CC.N[C@H]1CCCC[C@H]1C(=O)N1CCC(CC(=O)Nc2cc(C(F)(F)F)cc(C(F)(F)F)c2)C1. The number of rotatable bonds is 4. The molecule has 5 nitrogen and oxygen atoms in total. The highest BCUT2D eigenvalue weighted by atomic mass is 19.4. The fourth-order valence-corrected chi connectivity index (χ4v) is 4.40. The van der Waals surface area contributed by atoms with Crippen LogP contribution in [-0.2, 0) is 21.9 Å². The lowest BCUT2D eigenvalue weighted by Crippen LogP contribution is -2.45. The monoisotopic (exact) mass is 495 g/mol. The third-order valence-electron chi connectivity index (χ3n) is 6.08. The van der Waals surface area contributed by atoms with Gasteiger partial charge in [0.1, 0.15) is 0 Å². The molecule has 34 heavy (non-hydrogen) atoms. The van der Waals surface area contributed by atoms with Crippen LogP contribution in [0.3, 0.4) is 0 Å². The molecule has 0 radical (unpaired) electrons. The third-order valence-corrected chi connectivity index (χ3v) is 6.08. The summed E-state index contributed by atoms with van der Waals surface area (Å²) in [6.45, 7) is 4.76. The van der Waals surface area contributed by atoms with E-state index in [2.05, 4.69) is 5.32 Å². The van der Waals surface area contributed by atoms with E-state index < -0.39 is 35.1 Å². The largest absolute Gasteiger partial charge is 0.416 e. The number of carbonyl (C=O) groups excluding carboxylic acids is 2. The molecule has 1 aliphatic carbocycles. The number of benzene rings is 1. The number of amides is 2. The molecule has 0 bridgehead atoms. The number of nitrogens with two attached hydrogens (primary N) is 1. The Morgan fingerprint density at radius 3 is 2.06 bits per heavy atom. The maximum atomic E-state index is 13.0. The summed E-state index contributed by atoms with van der Waals surface area (Å²) in [5.41, 5.74) is 2.50. The molecular formula is C23H31F6N3O2. The van der Waals surface area contributed by atoms with Crippen molar-refractivity contribution in [3.8, 4) is 0 Å². The number of hydrogen-bond acceptors (Lipinski definition) is 3. The molecule has 1 aliphatic heterocycles. The van der Waals surface area contributed by atoms with Crippen LogP contribution in [0.15, 0.2) is 18.2 Å². The molecule has 3 rings (SSSR count). The van der Waals surface area contributed by atoms with Gasteiger partial charge in [0.05, 0.1) is 17.0 Å². The quantitative estimate of drug-likeness (QED) is 0.546. The standard InChI is InChI=1S/C21H25F6N3O2.C2H6/c22-20(23,24)13-8-14(21(25,26)27)10-15(9-13)29-18(31)7-12-5-6-30(11-12)19(32)16-3-1-2-4-17(16)28;1-2/h8-10,12,16-17H,1-7,11,28H2,(H,29,31);1-2H3/t12?,16-,17+;/m1./s1. The van der Waals surface area contributed by atoms with Crippen molar-refractivity contribution >= 4 is 17.5 Å². The number of nitrogens with one attached hydrogen (secondary N) is 1. The predicted molar refractivity (Wildman–Crippen MR) is 116 cm³/mol. The van der Waals surface area contributed by atoms with Crippen LogP contribution in [-0.4, -0.2) is 35.8 Å². The van der Waals surface area contributed by atoms with Crippen molar-refractivity contribution in [3.63, 3.8) is 0 Å². The second-order valence-electron chi connectivity index (χ2n) is 8.54. The minimum absolute atomic E-state index is 0.00604. The molecule has 1 heterocycles. The van der Waals surface area contributed by atoms with Crippen molar-refractivity contribution in [2.75, 3.05) is 18.4 Å². The van der Waals surface area contributed by atoms with E-state index in [9.17, 15) is 35.9 Å². The Hall–Kier alpha value is -2.30. The van der Waals surface area contributed by atoms with Crippen LogP contribution in [0.25, 0.3) is 0 Å². The number of nitrogens with zero attached hydrogens (tertiary/aromatic N) is 1. The molecule has 1 unspecified atom stereocenters. The van der Waals surface area contributed by atoms with Gasteiger partial charge in [-0.3, -0.25) is 9.59 Å². The van der Waals surface area contributed by atoms with E-state index in [4.69, 9.17) is 5.73 Å². The molecule has 3 N–H and O–H groups in total. The average Bonchev–Trinajstić information content (AvgIpc) is 3.22. The van der Waals surface area contributed by atoms with Gasteiger partial charge in [0.15, 0.2) is 0 Å². The Kier molecular flexibility index (Phi) is 9.38. The zero-order chi connectivity index (χ0) is 25.7. The van der Waals surface area contributed by atoms with E-state index in [0.717, 1.165) is 25.7 Å². The van der Waals surface area contributed by atoms with Gasteiger partial charge in [-0.25, -0.2) is 0 Å². The summed E-state index contributed by atoms with van der Waals surface area (Å²) in [5, 5.41) is 2.15. The lowest BCUT2D eigenvalue weighted by atomic mass is 9.84. The van der Waals surface area contributed by atoms with E-state index in [1.807, 2.05) is 13.8 Å². The van der Waals surface area contributed by atoms with Crippen molar-refractivity contribution < 1.29 is 35.9 Å². The molecule has 2 amide bonds. The van der Waals surface area contributed by atoms with Crippen molar-refractivity contribution in [1.82, 2.24) is 4.90 Å². The van der Waals surface area contributed by atoms with Crippen molar-refractivity contribution in [2.45, 2.75) is 70.8 Å². The highest BCUT2D eigenvalue weighted by Crippen LogP contribution is 2.37. The van der Waals surface area contributed by atoms with Gasteiger partial charge in [0.2, 0.25) is 11.8 Å². The Bertz CT molecular complexity index is 824. The molecule has 192 valence electrons. The Morgan fingerprint density at radius 1 is 0.971 bits per heavy atom. The maximum absolute atomic E-state index is 13.0. The molecule has 11 heteroatoms. The smallest absolute Gasteiger partial charge is 0.342 e. The lowest BCUT2D eigenvalue weighted by molar-refractivity contribution is -0.143. The highest BCUT2D eigenvalue weighted by molar-refractivity contribution is 5.91. The van der Waals surface area contributed by atoms with Gasteiger partial charge >= 0.3 is 12.4 Å². The first-order valence-corrected chi connectivity index (χ1v) is 11.5. The molecule has 1 saturated carbocycles. The zero-order valence-electron chi connectivity index (χ0n) is 19.2. The van der Waals surface area contributed by atoms with Crippen molar-refractivity contribution in [1.29, 1.82) is 0 Å². The van der Waals surface area contributed by atoms with E-state index in [-0.39, 0.29) is 36.3 Å². The van der Waals surface area contributed by atoms with Gasteiger partial charge in [0.25, 0.3) is 0 Å². The van der Waals surface area contributed by atoms with E-state index in [1.54, 1.807) is 4.90 Å². The molecule has 3 atom stereocenters. The van der Waals surface area contributed by atoms with Gasteiger partial charge < -0.3 is 16.0 Å². The Morgan fingerprint density at radius 2 is 1.53 bits per heavy atom. The summed E-state index contributed by atoms with van der Waals surface area (Å²) in [7, 11) is 0. The van der Waals surface area contributed by atoms with Crippen LogP contribution < -0.4 is 11.1 Å². The minimum atomic E-state index is -4.99. The fraction of sp³-hybridized carbons (Fsp3) is 0.652. The molecule has 1 saturated heterocycles. The summed E-state index contributed by atoms with van der Waals surface area (Å²) in [5.74, 6) is -1.23. The number of anilines is 1. The first kappa shape index (κ1) is 27.9. The topological polar surface area (TPSA) is 75.4 Å². The van der Waals surface area contributed by atoms with Crippen LogP contribution in [0, 0.1) is 11.8 Å². The van der Waals surface area contributed by atoms with E-state index >= 15 is 0 Å². The number of likely N-dealkylation sites (tertiary alicyclic amines) is 1. The van der Waals surface area contributed by atoms with Gasteiger partial charge in [-0.2, -0.15) is 26.3 Å². The number of hydrogen-bond donors (Lipinski definition) is 2. The highest BCUT2D eigenvalue weighted by Gasteiger charge is 2.38. The predicted octanol–water partition coefficient (Wildman–Crippen LogP) is 5.45. The van der Waals surface area contributed by atoms with Gasteiger partial charge in [0, 0.05) is 31.2 Å². The van der Waals surface area contributed by atoms with Gasteiger partial charge in [-0.1, -0.05) is 26.7 Å². The molecule has 0 spiro atoms. The second-order valence-corrected chi connectivity index (χ2v) is 8.54. The Labute approximate surface area is 195 Å². The van der Waals surface area contributed by atoms with E-state index in [1.165, 1.54) is 0 Å². The Balaban J connectivity index is 0.00000199. The summed E-state index contributed by atoms with van der Waals surface area (Å²) in [4.78, 5) is 26.7. The number of halogens is 6. The molecule has 2 fully saturated rings. The van der Waals surface area contributed by atoms with Gasteiger partial charge in [-0.15, -0.1) is 0 Å². The van der Waals surface area contributed by atoms with Gasteiger partial charge in [-0.05, 0) is 43.4 Å². The normalized spacial score (nSPS) is 23.2. The second kappa shape index (κ2) is 11.4. The van der Waals surface area contributed by atoms with Crippen molar-refractivity contribution in [2.24, 2.45) is 17.6 Å². The number of carbonyl (C=O) groups is 2. The van der Waals surface area contributed by atoms with Crippen LogP contribution in [0.1, 0.15) is 63.5 Å². The van der Waals surface area contributed by atoms with Crippen LogP contribution in [0.2, 0.25) is 0 Å². The third kappa shape index (κ3) is 7.35. The summed E-state index contributed by atoms with van der Waals surface area (Å²) < 4.78 is 77.8. The minimum Gasteiger partial charge on any atom is -0.342 e. The van der Waals surface area contributed by atoms with E-state index in [0.29, 0.717) is 31.6 Å². The van der Waals surface area contributed by atoms with Crippen LogP contribution in [0.4, 0.5) is 32.0 Å². The number of alkyl halides is 6. The average molecular weight is 496 g/mol. The lowest BCUT2D eigenvalue weighted by Gasteiger charge is -2.31. The summed E-state index contributed by atoms with van der Waals surface area (Å²) in [6, 6.07) is 0.762. The summed E-state index contributed by atoms with van der Waals surface area (Å²) >= 11 is 0. The molecule has 1 aromatic rings. The molecule has 0 aromatic heterocycles. The summed E-state index contributed by atoms with van der Waals surface area (Å²) in [6.07, 6.45) is -6.15. The fourth-order valence-electron chi connectivity index (χ4n) is 4.40. The van der Waals surface area contributed by atoms with Crippen molar-refractivity contribution in [3.05, 3.63) is 29.3 Å². The molecule has 2 aliphatic rings.